The number of rotatable bonds is 0. The summed E-state index contributed by atoms with van der Waals surface area (Å²) >= 11 is 0. The molecule has 0 saturated heterocycles. The van der Waals surface area contributed by atoms with Crippen LogP contribution in [0.5, 0.6) is 0 Å². The van der Waals surface area contributed by atoms with Crippen LogP contribution >= 0.6 is 0 Å². The third-order valence-corrected chi connectivity index (χ3v) is 1.12. The smallest absolute Gasteiger partial charge is 0.701 e. The minimum Gasteiger partial charge on any atom is -0.701 e. The van der Waals surface area contributed by atoms with E-state index in [1.54, 1.807) is 0 Å². The van der Waals surface area contributed by atoms with Crippen LogP contribution in [-0.4, -0.2) is 26.9 Å². The molecule has 0 unspecified atom stereocenters. The first-order valence-corrected chi connectivity index (χ1v) is 5.50. The third-order valence-electron chi connectivity index (χ3n) is 0.375. The van der Waals surface area contributed by atoms with Gasteiger partial charge in [0.25, 0.3) is 0 Å². The van der Waals surface area contributed by atoms with Crippen molar-refractivity contribution >= 4 is 26.9 Å². The number of hydrogen-bond acceptors (Lipinski definition) is 0. The molecule has 8 heavy (non-hydrogen) atoms. The Morgan fingerprint density at radius 2 is 1.38 bits per heavy atom. The van der Waals surface area contributed by atoms with E-state index in [1.807, 2.05) is 0 Å². The van der Waals surface area contributed by atoms with E-state index in [4.69, 9.17) is 6.42 Å². The Kier molecular flexibility index (Phi) is 12.2. The number of hydrogen-bond donors (Lipinski definition) is 0. The van der Waals surface area contributed by atoms with Crippen molar-refractivity contribution in [2.45, 2.75) is 19.6 Å². The standard InChI is InChI=1S/C5H9Si.2Li/c1-5-6(2,3)4;;/h2-4H3;;/q-1;;+1. The van der Waals surface area contributed by atoms with Gasteiger partial charge >= 0.3 is 18.9 Å². The Hall–Kier alpha value is 0.972. The molecule has 0 bridgehead atoms. The van der Waals surface area contributed by atoms with Crippen LogP contribution in [0.1, 0.15) is 0 Å². The molecular weight excluding hydrogens is 102 g/mol. The summed E-state index contributed by atoms with van der Waals surface area (Å²) in [5.41, 5.74) is 2.49. The van der Waals surface area contributed by atoms with Gasteiger partial charge in [0.2, 0.25) is 0 Å². The summed E-state index contributed by atoms with van der Waals surface area (Å²) in [6, 6.07) is 0. The van der Waals surface area contributed by atoms with E-state index in [9.17, 15) is 0 Å². The van der Waals surface area contributed by atoms with E-state index in [0.29, 0.717) is 0 Å². The summed E-state index contributed by atoms with van der Waals surface area (Å²) in [6.07, 6.45) is 6.67. The average molecular weight is 111 g/mol. The van der Waals surface area contributed by atoms with Crippen LogP contribution in [0, 0.1) is 12.0 Å². The maximum Gasteiger partial charge on any atom is 1.00 e. The Morgan fingerprint density at radius 3 is 1.38 bits per heavy atom. The molecule has 0 saturated carbocycles. The van der Waals surface area contributed by atoms with Gasteiger partial charge in [-0.3, -0.25) is 0 Å². The third kappa shape index (κ3) is 15.8. The maximum absolute atomic E-state index is 6.67. The quantitative estimate of drug-likeness (QED) is 0.194. The fourth-order valence-corrected chi connectivity index (χ4v) is 0. The molecule has 0 heterocycles. The van der Waals surface area contributed by atoms with E-state index in [2.05, 4.69) is 25.2 Å². The summed E-state index contributed by atoms with van der Waals surface area (Å²) in [5, 5.41) is 0. The summed E-state index contributed by atoms with van der Waals surface area (Å²) in [7, 11) is -1.21. The summed E-state index contributed by atoms with van der Waals surface area (Å²) in [5.74, 6) is 0. The van der Waals surface area contributed by atoms with Gasteiger partial charge in [-0.2, -0.15) is 0 Å². The first-order valence-electron chi connectivity index (χ1n) is 2.00. The van der Waals surface area contributed by atoms with Gasteiger partial charge in [-0.05, 0) is 0 Å². The minimum atomic E-state index is -1.21. The van der Waals surface area contributed by atoms with E-state index in [1.165, 1.54) is 0 Å². The largest absolute Gasteiger partial charge is 1.00 e. The molecule has 1 radical (unpaired) electrons. The van der Waals surface area contributed by atoms with Gasteiger partial charge in [0.05, 0.1) is 8.07 Å². The maximum atomic E-state index is 6.67. The van der Waals surface area contributed by atoms with Gasteiger partial charge in [-0.25, -0.2) is 0 Å². The Balaban J connectivity index is -0.000000125. The summed E-state index contributed by atoms with van der Waals surface area (Å²) < 4.78 is 0. The molecule has 0 aromatic carbocycles. The van der Waals surface area contributed by atoms with Crippen LogP contribution in [0.4, 0.5) is 0 Å². The van der Waals surface area contributed by atoms with Crippen molar-refractivity contribution in [3.05, 3.63) is 6.42 Å². The zero-order chi connectivity index (χ0) is 5.21. The van der Waals surface area contributed by atoms with Crippen LogP contribution in [0.3, 0.4) is 0 Å². The monoisotopic (exact) mass is 111 g/mol. The summed E-state index contributed by atoms with van der Waals surface area (Å²) in [6.45, 7) is 6.25. The molecule has 0 nitrogen and oxygen atoms in total. The SMILES string of the molecule is [C-]#C[Si](C)(C)C.[Li+].[Li]. The molecule has 0 fully saturated rings. The molecule has 0 spiro atoms. The van der Waals surface area contributed by atoms with Crippen molar-refractivity contribution in [2.75, 3.05) is 0 Å². The van der Waals surface area contributed by atoms with Gasteiger partial charge in [-0.1, -0.05) is 19.6 Å². The molecule has 0 rings (SSSR count). The first kappa shape index (κ1) is 16.0. The molecule has 0 N–H and O–H groups in total. The van der Waals surface area contributed by atoms with Crippen molar-refractivity contribution in [1.29, 1.82) is 0 Å². The topological polar surface area (TPSA) is 0 Å². The Morgan fingerprint density at radius 1 is 1.25 bits per heavy atom. The predicted molar refractivity (Wildman–Crippen MR) is 36.2 cm³/mol. The molecule has 0 aliphatic rings. The van der Waals surface area contributed by atoms with Crippen molar-refractivity contribution in [3.63, 3.8) is 0 Å². The van der Waals surface area contributed by atoms with Gasteiger partial charge in [0.15, 0.2) is 0 Å². The van der Waals surface area contributed by atoms with Crippen molar-refractivity contribution in [1.82, 2.24) is 0 Å². The molecule has 3 heteroatoms. The minimum absolute atomic E-state index is 0. The van der Waals surface area contributed by atoms with E-state index in [0.717, 1.165) is 0 Å². The normalized spacial score (nSPS) is 7.75. The van der Waals surface area contributed by atoms with Gasteiger partial charge < -0.3 is 12.0 Å². The fourth-order valence-electron chi connectivity index (χ4n) is 0. The van der Waals surface area contributed by atoms with Crippen LogP contribution in [0.15, 0.2) is 0 Å². The molecule has 0 aromatic heterocycles. The summed E-state index contributed by atoms with van der Waals surface area (Å²) in [4.78, 5) is 0. The van der Waals surface area contributed by atoms with Gasteiger partial charge in [-0.15, -0.1) is 0 Å². The van der Waals surface area contributed by atoms with E-state index >= 15 is 0 Å². The molecule has 0 atom stereocenters. The second-order valence-corrected chi connectivity index (χ2v) is 7.12. The van der Waals surface area contributed by atoms with Crippen molar-refractivity contribution < 1.29 is 18.9 Å². The molecule has 0 amide bonds. The zero-order valence-corrected chi connectivity index (χ0v) is 7.50. The molecule has 35 valence electrons. The van der Waals surface area contributed by atoms with E-state index in [-0.39, 0.29) is 37.7 Å². The van der Waals surface area contributed by atoms with Crippen molar-refractivity contribution in [2.24, 2.45) is 0 Å². The van der Waals surface area contributed by atoms with Crippen LogP contribution in [-0.2, 0) is 0 Å². The predicted octanol–water partition coefficient (Wildman–Crippen LogP) is -1.92. The molecule has 0 aliphatic carbocycles. The second kappa shape index (κ2) is 6.10. The molecule has 0 aromatic rings. The average Bonchev–Trinajstić information content (AvgIpc) is 1.35. The van der Waals surface area contributed by atoms with Crippen LogP contribution in [0.2, 0.25) is 19.6 Å². The Labute approximate surface area is 77.2 Å². The van der Waals surface area contributed by atoms with Gasteiger partial charge in [0.1, 0.15) is 0 Å². The van der Waals surface area contributed by atoms with E-state index < -0.39 is 8.07 Å². The molecular formula is C5H9Li2Si. The van der Waals surface area contributed by atoms with Crippen molar-refractivity contribution in [3.8, 4) is 5.54 Å². The van der Waals surface area contributed by atoms with Gasteiger partial charge in [0, 0.05) is 18.9 Å². The van der Waals surface area contributed by atoms with Crippen LogP contribution < -0.4 is 18.9 Å². The zero-order valence-electron chi connectivity index (χ0n) is 6.50. The second-order valence-electron chi connectivity index (χ2n) is 2.38. The Bertz CT molecular complexity index is 77.4. The first-order chi connectivity index (χ1) is 2.56. The molecule has 0 aliphatic heterocycles. The fraction of sp³-hybridized carbons (Fsp3) is 0.600. The van der Waals surface area contributed by atoms with Crippen LogP contribution in [0.25, 0.3) is 0 Å².